The molecule has 1 aromatic carbocycles. The van der Waals surface area contributed by atoms with Gasteiger partial charge in [0.15, 0.2) is 0 Å². The first-order valence-electron chi connectivity index (χ1n) is 10.1. The molecule has 8 heteroatoms. The van der Waals surface area contributed by atoms with E-state index < -0.39 is 5.60 Å². The van der Waals surface area contributed by atoms with Gasteiger partial charge in [0, 0.05) is 43.5 Å². The number of anilines is 1. The molecule has 0 radical (unpaired) electrons. The standard InChI is InChI=1S/C21H30N4O4/c1-14-5-6-15(18(26)22-16-7-8-16)13-17(14)23-19(27)24-9-11-25(12-10-24)20(28)29-21(2,3)4/h5-6,13,16H,7-12H2,1-4H3,(H,22,26)(H,23,27). The molecule has 1 saturated heterocycles. The molecule has 1 aromatic rings. The molecule has 3 rings (SSSR count). The molecular weight excluding hydrogens is 372 g/mol. The predicted octanol–water partition coefficient (Wildman–Crippen LogP) is 2.97. The maximum absolute atomic E-state index is 12.7. The Bertz CT molecular complexity index is 790. The van der Waals surface area contributed by atoms with E-state index >= 15 is 0 Å². The highest BCUT2D eigenvalue weighted by Gasteiger charge is 2.28. The van der Waals surface area contributed by atoms with E-state index in [1.807, 2.05) is 33.8 Å². The predicted molar refractivity (Wildman–Crippen MR) is 110 cm³/mol. The van der Waals surface area contributed by atoms with E-state index in [0.29, 0.717) is 37.4 Å². The average molecular weight is 402 g/mol. The summed E-state index contributed by atoms with van der Waals surface area (Å²) in [4.78, 5) is 40.4. The number of aryl methyl sites for hydroxylation is 1. The molecule has 29 heavy (non-hydrogen) atoms. The number of piperazine rings is 1. The lowest BCUT2D eigenvalue weighted by atomic mass is 10.1. The van der Waals surface area contributed by atoms with Crippen LogP contribution in [0.3, 0.4) is 0 Å². The number of nitrogens with zero attached hydrogens (tertiary/aromatic N) is 2. The third-order valence-corrected chi connectivity index (χ3v) is 4.87. The van der Waals surface area contributed by atoms with Gasteiger partial charge in [0.1, 0.15) is 5.60 Å². The molecule has 2 aliphatic rings. The van der Waals surface area contributed by atoms with Crippen molar-refractivity contribution in [3.8, 4) is 0 Å². The van der Waals surface area contributed by atoms with Crippen LogP contribution in [0.5, 0.6) is 0 Å². The minimum Gasteiger partial charge on any atom is -0.444 e. The number of carbonyl (C=O) groups excluding carboxylic acids is 3. The van der Waals surface area contributed by atoms with Gasteiger partial charge in [0.25, 0.3) is 5.91 Å². The molecule has 158 valence electrons. The SMILES string of the molecule is Cc1ccc(C(=O)NC2CC2)cc1NC(=O)N1CCN(C(=O)OC(C)(C)C)CC1. The Morgan fingerprint density at radius 3 is 2.24 bits per heavy atom. The van der Waals surface area contributed by atoms with Crippen LogP contribution >= 0.6 is 0 Å². The van der Waals surface area contributed by atoms with Crippen molar-refractivity contribution >= 4 is 23.7 Å². The molecule has 2 N–H and O–H groups in total. The fourth-order valence-corrected chi connectivity index (χ4v) is 3.01. The monoisotopic (exact) mass is 402 g/mol. The molecule has 4 amide bonds. The number of hydrogen-bond acceptors (Lipinski definition) is 4. The summed E-state index contributed by atoms with van der Waals surface area (Å²) in [5.74, 6) is -0.117. The molecule has 8 nitrogen and oxygen atoms in total. The minimum absolute atomic E-state index is 0.117. The summed E-state index contributed by atoms with van der Waals surface area (Å²) < 4.78 is 5.38. The highest BCUT2D eigenvalue weighted by molar-refractivity contribution is 5.97. The molecule has 0 spiro atoms. The highest BCUT2D eigenvalue weighted by Crippen LogP contribution is 2.22. The quantitative estimate of drug-likeness (QED) is 0.813. The summed E-state index contributed by atoms with van der Waals surface area (Å²) in [6.07, 6.45) is 1.69. The molecule has 0 atom stereocenters. The Labute approximate surface area is 171 Å². The zero-order valence-corrected chi connectivity index (χ0v) is 17.6. The third-order valence-electron chi connectivity index (χ3n) is 4.87. The largest absolute Gasteiger partial charge is 0.444 e. The number of hydrogen-bond donors (Lipinski definition) is 2. The Kier molecular flexibility index (Phi) is 6.00. The van der Waals surface area contributed by atoms with E-state index in [1.165, 1.54) is 0 Å². The summed E-state index contributed by atoms with van der Waals surface area (Å²) in [5.41, 5.74) is 1.49. The first kappa shape index (κ1) is 21.0. The van der Waals surface area contributed by atoms with Crippen molar-refractivity contribution < 1.29 is 19.1 Å². The van der Waals surface area contributed by atoms with Crippen LogP contribution in [0.25, 0.3) is 0 Å². The molecule has 0 bridgehead atoms. The third kappa shape index (κ3) is 5.85. The number of nitrogens with one attached hydrogen (secondary N) is 2. The average Bonchev–Trinajstić information content (AvgIpc) is 3.46. The van der Waals surface area contributed by atoms with E-state index in [9.17, 15) is 14.4 Å². The lowest BCUT2D eigenvalue weighted by molar-refractivity contribution is 0.0174. The molecule has 0 unspecified atom stereocenters. The smallest absolute Gasteiger partial charge is 0.410 e. The van der Waals surface area contributed by atoms with Gasteiger partial charge in [0.05, 0.1) is 0 Å². The van der Waals surface area contributed by atoms with Crippen LogP contribution in [-0.4, -0.2) is 65.7 Å². The number of rotatable bonds is 3. The van der Waals surface area contributed by atoms with Crippen LogP contribution in [0.4, 0.5) is 15.3 Å². The fraction of sp³-hybridized carbons (Fsp3) is 0.571. The lowest BCUT2D eigenvalue weighted by Gasteiger charge is -2.35. The highest BCUT2D eigenvalue weighted by atomic mass is 16.6. The van der Waals surface area contributed by atoms with Crippen LogP contribution in [0.15, 0.2) is 18.2 Å². The van der Waals surface area contributed by atoms with Crippen molar-refractivity contribution in [2.24, 2.45) is 0 Å². The normalized spacial score (nSPS) is 17.0. The molecule has 1 heterocycles. The van der Waals surface area contributed by atoms with Gasteiger partial charge in [0.2, 0.25) is 0 Å². The molecule has 0 aromatic heterocycles. The molecule has 1 aliphatic heterocycles. The summed E-state index contributed by atoms with van der Waals surface area (Å²) in [6, 6.07) is 5.35. The van der Waals surface area contributed by atoms with Crippen molar-refractivity contribution in [2.45, 2.75) is 52.2 Å². The van der Waals surface area contributed by atoms with Crippen molar-refractivity contribution in [3.05, 3.63) is 29.3 Å². The number of urea groups is 1. The first-order valence-corrected chi connectivity index (χ1v) is 10.1. The molecule has 1 saturated carbocycles. The van der Waals surface area contributed by atoms with Crippen molar-refractivity contribution in [3.63, 3.8) is 0 Å². The van der Waals surface area contributed by atoms with Gasteiger partial charge >= 0.3 is 12.1 Å². The van der Waals surface area contributed by atoms with Crippen molar-refractivity contribution in [1.82, 2.24) is 15.1 Å². The topological polar surface area (TPSA) is 91.0 Å². The van der Waals surface area contributed by atoms with Crippen LogP contribution in [0.2, 0.25) is 0 Å². The Balaban J connectivity index is 1.55. The van der Waals surface area contributed by atoms with Crippen molar-refractivity contribution in [2.75, 3.05) is 31.5 Å². The van der Waals surface area contributed by atoms with E-state index in [1.54, 1.807) is 21.9 Å². The zero-order valence-electron chi connectivity index (χ0n) is 17.6. The van der Waals surface area contributed by atoms with Gasteiger partial charge in [-0.3, -0.25) is 4.79 Å². The number of carbonyl (C=O) groups is 3. The Hall–Kier alpha value is -2.77. The molecule has 1 aliphatic carbocycles. The van der Waals surface area contributed by atoms with Gasteiger partial charge in [-0.15, -0.1) is 0 Å². The molecular formula is C21H30N4O4. The molecule has 2 fully saturated rings. The number of ether oxygens (including phenoxy) is 1. The number of amides is 4. The summed E-state index contributed by atoms with van der Waals surface area (Å²) in [7, 11) is 0. The Morgan fingerprint density at radius 1 is 1.03 bits per heavy atom. The van der Waals surface area contributed by atoms with Gasteiger partial charge in [-0.25, -0.2) is 9.59 Å². The van der Waals surface area contributed by atoms with Gasteiger partial charge in [-0.1, -0.05) is 6.07 Å². The Morgan fingerprint density at radius 2 is 1.66 bits per heavy atom. The minimum atomic E-state index is -0.542. The summed E-state index contributed by atoms with van der Waals surface area (Å²) in [5, 5.41) is 5.85. The zero-order chi connectivity index (χ0) is 21.2. The summed E-state index contributed by atoms with van der Waals surface area (Å²) in [6.45, 7) is 9.06. The van der Waals surface area contributed by atoms with Crippen LogP contribution in [-0.2, 0) is 4.74 Å². The maximum Gasteiger partial charge on any atom is 0.410 e. The summed E-state index contributed by atoms with van der Waals surface area (Å²) >= 11 is 0. The second kappa shape index (κ2) is 8.31. The van der Waals surface area contributed by atoms with Gasteiger partial charge in [-0.2, -0.15) is 0 Å². The second-order valence-corrected chi connectivity index (χ2v) is 8.66. The van der Waals surface area contributed by atoms with E-state index in [-0.39, 0.29) is 24.1 Å². The van der Waals surface area contributed by atoms with Crippen LogP contribution < -0.4 is 10.6 Å². The maximum atomic E-state index is 12.7. The van der Waals surface area contributed by atoms with E-state index in [2.05, 4.69) is 10.6 Å². The lowest BCUT2D eigenvalue weighted by Crippen LogP contribution is -2.52. The van der Waals surface area contributed by atoms with Crippen molar-refractivity contribution in [1.29, 1.82) is 0 Å². The van der Waals surface area contributed by atoms with Crippen LogP contribution in [0, 0.1) is 6.92 Å². The van der Waals surface area contributed by atoms with Gasteiger partial charge in [-0.05, 0) is 58.2 Å². The van der Waals surface area contributed by atoms with E-state index in [4.69, 9.17) is 4.74 Å². The number of benzene rings is 1. The fourth-order valence-electron chi connectivity index (χ4n) is 3.01. The van der Waals surface area contributed by atoms with E-state index in [0.717, 1.165) is 18.4 Å². The van der Waals surface area contributed by atoms with Gasteiger partial charge < -0.3 is 25.2 Å². The first-order chi connectivity index (χ1) is 13.6. The second-order valence-electron chi connectivity index (χ2n) is 8.66. The van der Waals surface area contributed by atoms with Crippen LogP contribution in [0.1, 0.15) is 49.5 Å².